The molecule has 1 aliphatic heterocycles. The maximum atomic E-state index is 12.8. The van der Waals surface area contributed by atoms with Crippen LogP contribution in [0.4, 0.5) is 0 Å². The highest BCUT2D eigenvalue weighted by molar-refractivity contribution is 5.38. The average Bonchev–Trinajstić information content (AvgIpc) is 2.95. The third-order valence-corrected chi connectivity index (χ3v) is 5.66. The molecule has 0 aliphatic carbocycles. The second kappa shape index (κ2) is 8.07. The minimum atomic E-state index is -0.111. The van der Waals surface area contributed by atoms with E-state index in [9.17, 15) is 9.90 Å². The zero-order valence-corrected chi connectivity index (χ0v) is 16.3. The molecule has 0 saturated heterocycles. The lowest BCUT2D eigenvalue weighted by Crippen LogP contribution is -2.31. The van der Waals surface area contributed by atoms with Crippen LogP contribution in [0, 0.1) is 0 Å². The predicted octanol–water partition coefficient (Wildman–Crippen LogP) is 2.87. The smallest absolute Gasteiger partial charge is 0.331 e. The Morgan fingerprint density at radius 1 is 1.00 bits per heavy atom. The van der Waals surface area contributed by atoms with Crippen LogP contribution in [-0.2, 0) is 25.9 Å². The normalized spacial score (nSPS) is 12.8. The summed E-state index contributed by atoms with van der Waals surface area (Å²) in [5.41, 5.74) is 4.32. The van der Waals surface area contributed by atoms with Crippen molar-refractivity contribution in [1.82, 2.24) is 14.0 Å². The van der Waals surface area contributed by atoms with Gasteiger partial charge in [0.2, 0.25) is 5.88 Å². The molecule has 28 heavy (non-hydrogen) atoms. The van der Waals surface area contributed by atoms with E-state index in [1.54, 1.807) is 4.57 Å². The largest absolute Gasteiger partial charge is 0.493 e. The van der Waals surface area contributed by atoms with Crippen LogP contribution in [0.5, 0.6) is 5.88 Å². The van der Waals surface area contributed by atoms with E-state index in [4.69, 9.17) is 0 Å². The average molecular weight is 377 g/mol. The van der Waals surface area contributed by atoms with Gasteiger partial charge in [0.1, 0.15) is 0 Å². The molecule has 0 bridgehead atoms. The highest BCUT2D eigenvalue weighted by Crippen LogP contribution is 2.27. The molecule has 0 radical (unpaired) electrons. The lowest BCUT2D eigenvalue weighted by Gasteiger charge is -2.17. The summed E-state index contributed by atoms with van der Waals surface area (Å²) in [5.74, 6) is 0.122. The molecule has 3 aromatic rings. The number of fused-ring (bicyclic) bond motifs is 2. The summed E-state index contributed by atoms with van der Waals surface area (Å²) < 4.78 is 3.24. The number of aryl methyl sites for hydroxylation is 1. The number of benzene rings is 2. The van der Waals surface area contributed by atoms with Crippen LogP contribution in [0.3, 0.4) is 0 Å². The quantitative estimate of drug-likeness (QED) is 0.539. The van der Waals surface area contributed by atoms with Crippen LogP contribution >= 0.6 is 0 Å². The van der Waals surface area contributed by atoms with Gasteiger partial charge >= 0.3 is 5.69 Å². The molecule has 0 spiro atoms. The lowest BCUT2D eigenvalue weighted by atomic mass is 9.99. The van der Waals surface area contributed by atoms with Gasteiger partial charge < -0.3 is 10.0 Å². The van der Waals surface area contributed by atoms with Crippen LogP contribution in [0.15, 0.2) is 59.4 Å². The molecule has 5 nitrogen and oxygen atoms in total. The fourth-order valence-electron chi connectivity index (χ4n) is 3.98. The summed E-state index contributed by atoms with van der Waals surface area (Å²) >= 11 is 0. The maximum Gasteiger partial charge on any atom is 0.331 e. The summed E-state index contributed by atoms with van der Waals surface area (Å²) in [4.78, 5) is 15.0. The maximum absolute atomic E-state index is 12.8. The van der Waals surface area contributed by atoms with Gasteiger partial charge in [0.05, 0.1) is 12.2 Å². The Hall–Kier alpha value is -2.79. The number of hydrogen-bond acceptors (Lipinski definition) is 3. The SMILES string of the molecule is CN(CCCc1ccccc1)CCn1c(O)c2n(c1=O)Cc1ccccc1C2. The molecule has 4 rings (SSSR count). The van der Waals surface area contributed by atoms with Gasteiger partial charge in [-0.25, -0.2) is 4.79 Å². The minimum absolute atomic E-state index is 0.111. The Bertz CT molecular complexity index is 1000. The first-order chi connectivity index (χ1) is 13.6. The molecule has 146 valence electrons. The summed E-state index contributed by atoms with van der Waals surface area (Å²) in [6, 6.07) is 18.6. The molecule has 2 heterocycles. The third kappa shape index (κ3) is 3.76. The van der Waals surface area contributed by atoms with Crippen LogP contribution in [0.2, 0.25) is 0 Å². The molecule has 0 amide bonds. The molecule has 2 aromatic carbocycles. The standard InChI is InChI=1S/C23H27N3O2/c1-24(13-7-10-18-8-3-2-4-9-18)14-15-25-22(27)21-16-19-11-5-6-12-20(19)17-26(21)23(25)28/h2-6,8-9,11-12,27H,7,10,13-17H2,1H3. The van der Waals surface area contributed by atoms with E-state index >= 15 is 0 Å². The van der Waals surface area contributed by atoms with E-state index in [2.05, 4.69) is 48.3 Å². The van der Waals surface area contributed by atoms with Crippen molar-refractivity contribution in [3.63, 3.8) is 0 Å². The van der Waals surface area contributed by atoms with Crippen molar-refractivity contribution >= 4 is 0 Å². The minimum Gasteiger partial charge on any atom is -0.493 e. The highest BCUT2D eigenvalue weighted by Gasteiger charge is 2.24. The molecule has 1 aliphatic rings. The highest BCUT2D eigenvalue weighted by atomic mass is 16.3. The molecule has 0 unspecified atom stereocenters. The number of aromatic nitrogens is 2. The molecule has 0 atom stereocenters. The first-order valence-electron chi connectivity index (χ1n) is 9.94. The van der Waals surface area contributed by atoms with Crippen LogP contribution in [0.25, 0.3) is 0 Å². The van der Waals surface area contributed by atoms with E-state index < -0.39 is 0 Å². The zero-order valence-electron chi connectivity index (χ0n) is 16.3. The van der Waals surface area contributed by atoms with E-state index in [0.29, 0.717) is 19.5 Å². The van der Waals surface area contributed by atoms with Gasteiger partial charge in [0.15, 0.2) is 0 Å². The molecule has 0 saturated carbocycles. The lowest BCUT2D eigenvalue weighted by molar-refractivity contribution is 0.302. The Kier molecular flexibility index (Phi) is 5.35. The van der Waals surface area contributed by atoms with E-state index in [0.717, 1.165) is 37.2 Å². The molecule has 1 aromatic heterocycles. The monoisotopic (exact) mass is 377 g/mol. The molecular weight excluding hydrogens is 350 g/mol. The van der Waals surface area contributed by atoms with Gasteiger partial charge in [-0.1, -0.05) is 54.6 Å². The Balaban J connectivity index is 1.37. The van der Waals surface area contributed by atoms with Gasteiger partial charge in [-0.2, -0.15) is 0 Å². The van der Waals surface area contributed by atoms with Crippen LogP contribution < -0.4 is 5.69 Å². The number of imidazole rings is 1. The van der Waals surface area contributed by atoms with Gasteiger partial charge in [-0.05, 0) is 43.1 Å². The number of aromatic hydroxyl groups is 1. The molecule has 0 fully saturated rings. The van der Waals surface area contributed by atoms with Gasteiger partial charge in [-0.3, -0.25) is 9.13 Å². The molecular formula is C23H27N3O2. The van der Waals surface area contributed by atoms with Crippen molar-refractivity contribution < 1.29 is 5.11 Å². The number of rotatable bonds is 7. The van der Waals surface area contributed by atoms with E-state index in [1.165, 1.54) is 15.7 Å². The summed E-state index contributed by atoms with van der Waals surface area (Å²) in [5, 5.41) is 10.6. The van der Waals surface area contributed by atoms with Gasteiger partial charge in [0, 0.05) is 19.5 Å². The van der Waals surface area contributed by atoms with Crippen molar-refractivity contribution in [2.24, 2.45) is 0 Å². The summed E-state index contributed by atoms with van der Waals surface area (Å²) in [6.45, 7) is 2.74. The summed E-state index contributed by atoms with van der Waals surface area (Å²) in [7, 11) is 2.07. The van der Waals surface area contributed by atoms with Crippen molar-refractivity contribution in [3.05, 3.63) is 87.5 Å². The first-order valence-corrected chi connectivity index (χ1v) is 9.94. The molecule has 1 N–H and O–H groups in total. The third-order valence-electron chi connectivity index (χ3n) is 5.66. The second-order valence-corrected chi connectivity index (χ2v) is 7.63. The fourth-order valence-corrected chi connectivity index (χ4v) is 3.98. The Morgan fingerprint density at radius 3 is 2.50 bits per heavy atom. The Morgan fingerprint density at radius 2 is 1.71 bits per heavy atom. The zero-order chi connectivity index (χ0) is 19.5. The Labute approximate surface area is 165 Å². The topological polar surface area (TPSA) is 50.4 Å². The second-order valence-electron chi connectivity index (χ2n) is 7.63. The summed E-state index contributed by atoms with van der Waals surface area (Å²) in [6.07, 6.45) is 2.73. The molecule has 5 heteroatoms. The number of hydrogen-bond donors (Lipinski definition) is 1. The van der Waals surface area contributed by atoms with Gasteiger partial charge in [-0.15, -0.1) is 0 Å². The predicted molar refractivity (Wildman–Crippen MR) is 111 cm³/mol. The van der Waals surface area contributed by atoms with Crippen molar-refractivity contribution in [3.8, 4) is 5.88 Å². The van der Waals surface area contributed by atoms with E-state index in [-0.39, 0.29) is 11.6 Å². The van der Waals surface area contributed by atoms with Crippen molar-refractivity contribution in [1.29, 1.82) is 0 Å². The number of likely N-dealkylation sites (N-methyl/N-ethyl adjacent to an activating group) is 1. The van der Waals surface area contributed by atoms with Gasteiger partial charge in [0.25, 0.3) is 0 Å². The van der Waals surface area contributed by atoms with Crippen LogP contribution in [0.1, 0.15) is 28.8 Å². The van der Waals surface area contributed by atoms with E-state index in [1.807, 2.05) is 18.2 Å². The van der Waals surface area contributed by atoms with Crippen LogP contribution in [-0.4, -0.2) is 39.3 Å². The van der Waals surface area contributed by atoms with Crippen molar-refractivity contribution in [2.75, 3.05) is 20.1 Å². The first kappa shape index (κ1) is 18.6. The number of nitrogens with zero attached hydrogens (tertiary/aromatic N) is 3. The van der Waals surface area contributed by atoms with Crippen molar-refractivity contribution in [2.45, 2.75) is 32.4 Å². The fraction of sp³-hybridized carbons (Fsp3) is 0.348.